The van der Waals surface area contributed by atoms with E-state index in [0.717, 1.165) is 37.3 Å². The zero-order chi connectivity index (χ0) is 20.0. The molecule has 1 aliphatic carbocycles. The normalized spacial score (nSPS) is 20.1. The van der Waals surface area contributed by atoms with Gasteiger partial charge in [-0.3, -0.25) is 0 Å². The maximum Gasteiger partial charge on any atom is 0.238 e. The molecule has 0 atom stereocenters. The van der Waals surface area contributed by atoms with E-state index >= 15 is 0 Å². The van der Waals surface area contributed by atoms with Gasteiger partial charge in [0.25, 0.3) is 0 Å². The summed E-state index contributed by atoms with van der Waals surface area (Å²) in [6.45, 7) is 3.92. The van der Waals surface area contributed by atoms with Gasteiger partial charge in [0.05, 0.1) is 5.25 Å². The fourth-order valence-corrected chi connectivity index (χ4v) is 3.98. The maximum absolute atomic E-state index is 11.9. The Morgan fingerprint density at radius 3 is 2.36 bits per heavy atom. The quantitative estimate of drug-likeness (QED) is 0.699. The summed E-state index contributed by atoms with van der Waals surface area (Å²) in [6.07, 6.45) is 3.94. The monoisotopic (exact) mass is 404 g/mol. The Morgan fingerprint density at radius 2 is 1.75 bits per heavy atom. The molecule has 2 aromatic rings. The van der Waals surface area contributed by atoms with E-state index in [1.807, 2.05) is 36.4 Å². The molecule has 0 radical (unpaired) electrons. The molecular weight excluding hydrogens is 376 g/mol. The molecule has 0 bridgehead atoms. The van der Waals surface area contributed by atoms with Gasteiger partial charge in [-0.05, 0) is 63.6 Å². The van der Waals surface area contributed by atoms with Crippen molar-refractivity contribution in [2.24, 2.45) is 5.92 Å². The average molecular weight is 405 g/mol. The summed E-state index contributed by atoms with van der Waals surface area (Å²) >= 11 is 0. The number of hydrogen-bond acceptors (Lipinski definition) is 6. The van der Waals surface area contributed by atoms with Crippen molar-refractivity contribution < 1.29 is 13.2 Å². The molecule has 1 aromatic carbocycles. The van der Waals surface area contributed by atoms with E-state index in [-0.39, 0.29) is 0 Å². The van der Waals surface area contributed by atoms with Crippen molar-refractivity contribution in [2.75, 3.05) is 11.9 Å². The Hall–Kier alpha value is -2.19. The number of rotatable bonds is 8. The second-order valence-corrected chi connectivity index (χ2v) is 9.80. The maximum atomic E-state index is 11.9. The van der Waals surface area contributed by atoms with Gasteiger partial charge in [-0.25, -0.2) is 13.1 Å². The molecule has 1 saturated carbocycles. The van der Waals surface area contributed by atoms with Crippen LogP contribution in [-0.4, -0.2) is 36.5 Å². The van der Waals surface area contributed by atoms with Gasteiger partial charge in [0.15, 0.2) is 0 Å². The van der Waals surface area contributed by atoms with E-state index in [0.29, 0.717) is 24.4 Å². The van der Waals surface area contributed by atoms with Crippen molar-refractivity contribution >= 4 is 15.8 Å². The number of nitrogens with zero attached hydrogens (tertiary/aromatic N) is 2. The number of sulfonamides is 1. The molecule has 0 saturated heterocycles. The molecule has 7 nitrogen and oxygen atoms in total. The van der Waals surface area contributed by atoms with Gasteiger partial charge in [0, 0.05) is 18.7 Å². The van der Waals surface area contributed by atoms with Crippen LogP contribution in [0.1, 0.15) is 39.5 Å². The van der Waals surface area contributed by atoms with E-state index in [1.165, 1.54) is 0 Å². The van der Waals surface area contributed by atoms with E-state index in [2.05, 4.69) is 20.2 Å². The van der Waals surface area contributed by atoms with Gasteiger partial charge in [0.1, 0.15) is 11.6 Å². The van der Waals surface area contributed by atoms with Gasteiger partial charge < -0.3 is 10.1 Å². The highest BCUT2D eigenvalue weighted by atomic mass is 32.2. The predicted octanol–water partition coefficient (Wildman–Crippen LogP) is 3.57. The molecule has 0 spiro atoms. The number of para-hydroxylation sites is 1. The van der Waals surface area contributed by atoms with Crippen LogP contribution >= 0.6 is 0 Å². The Morgan fingerprint density at radius 1 is 1.04 bits per heavy atom. The van der Waals surface area contributed by atoms with Gasteiger partial charge >= 0.3 is 0 Å². The summed E-state index contributed by atoms with van der Waals surface area (Å²) in [4.78, 5) is 0. The van der Waals surface area contributed by atoms with Crippen molar-refractivity contribution in [1.29, 1.82) is 0 Å². The Labute approximate surface area is 167 Å². The first-order valence-electron chi connectivity index (χ1n) is 9.74. The minimum atomic E-state index is -3.18. The fraction of sp³-hybridized carbons (Fsp3) is 0.500. The lowest BCUT2D eigenvalue weighted by Gasteiger charge is -2.29. The first-order valence-corrected chi connectivity index (χ1v) is 11.3. The zero-order valence-corrected chi connectivity index (χ0v) is 17.2. The predicted molar refractivity (Wildman–Crippen MR) is 110 cm³/mol. The standard InChI is InChI=1S/C20H28N4O3S/c1-15(2)28(25,26)21-14-16-8-10-17(11-9-16)22-19-12-13-20(24-23-19)27-18-6-4-3-5-7-18/h3-7,12-13,15-17,21H,8-11,14H2,1-2H3,(H,22,23). The molecule has 28 heavy (non-hydrogen) atoms. The van der Waals surface area contributed by atoms with Crippen LogP contribution in [0.4, 0.5) is 5.82 Å². The van der Waals surface area contributed by atoms with Crippen LogP contribution < -0.4 is 14.8 Å². The van der Waals surface area contributed by atoms with Crippen molar-refractivity contribution in [3.05, 3.63) is 42.5 Å². The van der Waals surface area contributed by atoms with Gasteiger partial charge in [-0.1, -0.05) is 18.2 Å². The van der Waals surface area contributed by atoms with E-state index < -0.39 is 15.3 Å². The van der Waals surface area contributed by atoms with Crippen LogP contribution in [-0.2, 0) is 10.0 Å². The number of ether oxygens (including phenoxy) is 1. The van der Waals surface area contributed by atoms with Crippen molar-refractivity contribution in [1.82, 2.24) is 14.9 Å². The first-order chi connectivity index (χ1) is 13.4. The molecule has 0 amide bonds. The molecule has 1 heterocycles. The smallest absolute Gasteiger partial charge is 0.238 e. The summed E-state index contributed by atoms with van der Waals surface area (Å²) in [5.74, 6) is 2.30. The van der Waals surface area contributed by atoms with Crippen LogP contribution in [0, 0.1) is 5.92 Å². The summed E-state index contributed by atoms with van der Waals surface area (Å²) < 4.78 is 32.1. The number of aromatic nitrogens is 2. The molecule has 0 aliphatic heterocycles. The molecular formula is C20H28N4O3S. The van der Waals surface area contributed by atoms with Gasteiger partial charge in [-0.2, -0.15) is 0 Å². The first kappa shape index (κ1) is 20.5. The van der Waals surface area contributed by atoms with E-state index in [1.54, 1.807) is 19.9 Å². The van der Waals surface area contributed by atoms with Gasteiger partial charge in [-0.15, -0.1) is 10.2 Å². The fourth-order valence-electron chi connectivity index (χ4n) is 3.18. The van der Waals surface area contributed by atoms with E-state index in [9.17, 15) is 8.42 Å². The summed E-state index contributed by atoms with van der Waals surface area (Å²) in [5, 5.41) is 11.3. The van der Waals surface area contributed by atoms with Gasteiger partial charge in [0.2, 0.25) is 15.9 Å². The molecule has 152 valence electrons. The molecule has 2 N–H and O–H groups in total. The number of benzene rings is 1. The summed E-state index contributed by atoms with van der Waals surface area (Å²) in [5.41, 5.74) is 0. The van der Waals surface area contributed by atoms with Crippen LogP contribution in [0.2, 0.25) is 0 Å². The van der Waals surface area contributed by atoms with Crippen LogP contribution in [0.3, 0.4) is 0 Å². The van der Waals surface area contributed by atoms with Crippen molar-refractivity contribution in [3.8, 4) is 11.6 Å². The molecule has 8 heteroatoms. The van der Waals surface area contributed by atoms with E-state index in [4.69, 9.17) is 4.74 Å². The highest BCUT2D eigenvalue weighted by Gasteiger charge is 2.24. The molecule has 1 fully saturated rings. The number of nitrogens with one attached hydrogen (secondary N) is 2. The third-order valence-corrected chi connectivity index (χ3v) is 6.81. The zero-order valence-electron chi connectivity index (χ0n) is 16.3. The highest BCUT2D eigenvalue weighted by Crippen LogP contribution is 2.26. The largest absolute Gasteiger partial charge is 0.438 e. The third kappa shape index (κ3) is 5.90. The lowest BCUT2D eigenvalue weighted by atomic mass is 9.86. The lowest BCUT2D eigenvalue weighted by molar-refractivity contribution is 0.336. The third-order valence-electron chi connectivity index (χ3n) is 5.00. The lowest BCUT2D eigenvalue weighted by Crippen LogP contribution is -2.37. The Bertz CT molecular complexity index is 834. The molecule has 3 rings (SSSR count). The number of hydrogen-bond donors (Lipinski definition) is 2. The second-order valence-electron chi connectivity index (χ2n) is 7.48. The molecule has 1 aliphatic rings. The van der Waals surface area contributed by atoms with Crippen LogP contribution in [0.5, 0.6) is 11.6 Å². The topological polar surface area (TPSA) is 93.2 Å². The average Bonchev–Trinajstić information content (AvgIpc) is 2.70. The minimum absolute atomic E-state index is 0.327. The van der Waals surface area contributed by atoms with Crippen molar-refractivity contribution in [2.45, 2.75) is 50.8 Å². The Kier molecular flexibility index (Phi) is 6.85. The second kappa shape index (κ2) is 9.34. The molecule has 0 unspecified atom stereocenters. The summed E-state index contributed by atoms with van der Waals surface area (Å²) in [7, 11) is -3.18. The highest BCUT2D eigenvalue weighted by molar-refractivity contribution is 7.90. The minimum Gasteiger partial charge on any atom is -0.438 e. The SMILES string of the molecule is CC(C)S(=O)(=O)NCC1CCC(Nc2ccc(Oc3ccccc3)nn2)CC1. The van der Waals surface area contributed by atoms with Crippen molar-refractivity contribution in [3.63, 3.8) is 0 Å². The Balaban J connectivity index is 1.43. The molecule has 1 aromatic heterocycles. The summed E-state index contributed by atoms with van der Waals surface area (Å²) in [6, 6.07) is 13.5. The van der Waals surface area contributed by atoms with Crippen LogP contribution in [0.25, 0.3) is 0 Å². The number of anilines is 1. The van der Waals surface area contributed by atoms with Crippen LogP contribution in [0.15, 0.2) is 42.5 Å².